The van der Waals surface area contributed by atoms with Crippen LogP contribution in [0.5, 0.6) is 0 Å². The van der Waals surface area contributed by atoms with Crippen molar-refractivity contribution >= 4 is 51.4 Å². The Bertz CT molecular complexity index is 965. The highest BCUT2D eigenvalue weighted by Gasteiger charge is 2.19. The van der Waals surface area contributed by atoms with Gasteiger partial charge in [0.05, 0.1) is 23.2 Å². The van der Waals surface area contributed by atoms with Crippen LogP contribution in [0, 0.1) is 6.92 Å². The van der Waals surface area contributed by atoms with Crippen LogP contribution < -0.4 is 5.32 Å². The average molecular weight is 419 g/mol. The van der Waals surface area contributed by atoms with Gasteiger partial charge in [-0.15, -0.1) is 34.4 Å². The van der Waals surface area contributed by atoms with E-state index in [4.69, 9.17) is 4.74 Å². The van der Waals surface area contributed by atoms with Crippen LogP contribution in [0.1, 0.15) is 22.2 Å². The number of esters is 1. The molecular weight excluding hydrogens is 400 g/mol. The number of carbonyl (C=O) groups excluding carboxylic acids is 2. The number of anilines is 1. The highest BCUT2D eigenvalue weighted by atomic mass is 32.2. The van der Waals surface area contributed by atoms with E-state index in [1.54, 1.807) is 30.4 Å². The second-order valence-electron chi connectivity index (χ2n) is 5.68. The molecule has 0 radical (unpaired) electrons. The fourth-order valence-corrected chi connectivity index (χ4v) is 4.97. The van der Waals surface area contributed by atoms with Gasteiger partial charge in [-0.25, -0.2) is 4.98 Å². The lowest BCUT2D eigenvalue weighted by atomic mass is 10.2. The van der Waals surface area contributed by atoms with Gasteiger partial charge in [0, 0.05) is 15.2 Å². The van der Waals surface area contributed by atoms with Crippen molar-refractivity contribution in [2.75, 3.05) is 12.4 Å². The number of carbonyl (C=O) groups is 2. The van der Waals surface area contributed by atoms with Crippen molar-refractivity contribution in [3.63, 3.8) is 0 Å². The van der Waals surface area contributed by atoms with Gasteiger partial charge in [-0.05, 0) is 38.1 Å². The summed E-state index contributed by atoms with van der Waals surface area (Å²) in [5, 5.41) is 4.93. The van der Waals surface area contributed by atoms with Gasteiger partial charge >= 0.3 is 5.97 Å². The smallest absolute Gasteiger partial charge is 0.318 e. The van der Waals surface area contributed by atoms with Crippen molar-refractivity contribution < 1.29 is 14.3 Å². The first-order valence-electron chi connectivity index (χ1n) is 8.15. The third-order valence-electron chi connectivity index (χ3n) is 3.69. The highest BCUT2D eigenvalue weighted by Crippen LogP contribution is 2.31. The summed E-state index contributed by atoms with van der Waals surface area (Å²) in [6.07, 6.45) is 0. The molecule has 0 aliphatic carbocycles. The van der Waals surface area contributed by atoms with E-state index in [9.17, 15) is 9.59 Å². The number of aryl methyl sites for hydroxylation is 1. The molecule has 1 N–H and O–H groups in total. The third kappa shape index (κ3) is 4.77. The molecule has 0 spiro atoms. The Morgan fingerprint density at radius 3 is 2.70 bits per heavy atom. The lowest BCUT2D eigenvalue weighted by Gasteiger charge is -2.12. The first-order valence-corrected chi connectivity index (χ1v) is 10.7. The number of thiazole rings is 1. The summed E-state index contributed by atoms with van der Waals surface area (Å²) in [5.41, 5.74) is 1.36. The highest BCUT2D eigenvalue weighted by molar-refractivity contribution is 8.00. The first kappa shape index (κ1) is 19.6. The maximum atomic E-state index is 12.7. The molecule has 27 heavy (non-hydrogen) atoms. The second-order valence-corrected chi connectivity index (χ2v) is 9.21. The molecule has 1 amide bonds. The maximum absolute atomic E-state index is 12.7. The summed E-state index contributed by atoms with van der Waals surface area (Å²) >= 11 is 4.35. The summed E-state index contributed by atoms with van der Waals surface area (Å²) in [5.74, 6) is -0.579. The van der Waals surface area contributed by atoms with E-state index in [2.05, 4.69) is 10.3 Å². The number of amides is 1. The van der Waals surface area contributed by atoms with E-state index in [0.717, 1.165) is 15.5 Å². The summed E-state index contributed by atoms with van der Waals surface area (Å²) in [6, 6.07) is 11.3. The van der Waals surface area contributed by atoms with Crippen molar-refractivity contribution in [3.05, 3.63) is 52.2 Å². The minimum absolute atomic E-state index is 0.251. The molecule has 0 saturated heterocycles. The van der Waals surface area contributed by atoms with Crippen LogP contribution >= 0.6 is 34.4 Å². The maximum Gasteiger partial charge on any atom is 0.318 e. The standard InChI is InChI=1S/C19H18N2O3S3/c1-11-8-9-16(26-11)14-10-25-19(20-14)21-17(22)13-6-4-5-7-15(13)27-12(2)18(23)24-3/h4-10,12H,1-3H3,(H,20,21,22). The number of thiophene rings is 1. The van der Waals surface area contributed by atoms with E-state index >= 15 is 0 Å². The predicted molar refractivity (Wildman–Crippen MR) is 112 cm³/mol. The Balaban J connectivity index is 1.75. The number of benzene rings is 1. The molecule has 0 saturated carbocycles. The molecule has 3 aromatic rings. The van der Waals surface area contributed by atoms with E-state index in [1.165, 1.54) is 35.1 Å². The van der Waals surface area contributed by atoms with Crippen LogP contribution in [0.2, 0.25) is 0 Å². The van der Waals surface area contributed by atoms with Crippen molar-refractivity contribution in [2.45, 2.75) is 24.0 Å². The average Bonchev–Trinajstić information content (AvgIpc) is 3.30. The summed E-state index contributed by atoms with van der Waals surface area (Å²) < 4.78 is 4.76. The van der Waals surface area contributed by atoms with Crippen LogP contribution in [-0.4, -0.2) is 29.2 Å². The summed E-state index contributed by atoms with van der Waals surface area (Å²) in [6.45, 7) is 3.80. The molecule has 1 aromatic carbocycles. The van der Waals surface area contributed by atoms with Crippen molar-refractivity contribution in [1.29, 1.82) is 0 Å². The zero-order valence-corrected chi connectivity index (χ0v) is 17.5. The van der Waals surface area contributed by atoms with E-state index in [0.29, 0.717) is 10.7 Å². The lowest BCUT2D eigenvalue weighted by molar-refractivity contribution is -0.139. The van der Waals surface area contributed by atoms with Gasteiger partial charge < -0.3 is 4.74 Å². The minimum Gasteiger partial charge on any atom is -0.468 e. The lowest BCUT2D eigenvalue weighted by Crippen LogP contribution is -2.17. The molecule has 1 unspecified atom stereocenters. The van der Waals surface area contributed by atoms with E-state index in [-0.39, 0.29) is 11.9 Å². The van der Waals surface area contributed by atoms with Gasteiger partial charge in [0.15, 0.2) is 5.13 Å². The number of nitrogens with zero attached hydrogens (tertiary/aromatic N) is 1. The summed E-state index contributed by atoms with van der Waals surface area (Å²) in [7, 11) is 1.35. The molecule has 0 aliphatic rings. The van der Waals surface area contributed by atoms with Crippen molar-refractivity contribution in [3.8, 4) is 10.6 Å². The number of nitrogens with one attached hydrogen (secondary N) is 1. The van der Waals surface area contributed by atoms with Gasteiger partial charge in [0.25, 0.3) is 5.91 Å². The number of thioether (sulfide) groups is 1. The quantitative estimate of drug-likeness (QED) is 0.446. The number of aromatic nitrogens is 1. The zero-order chi connectivity index (χ0) is 19.4. The molecule has 1 atom stereocenters. The Hall–Kier alpha value is -2.16. The normalized spacial score (nSPS) is 11.8. The van der Waals surface area contributed by atoms with Crippen molar-refractivity contribution in [1.82, 2.24) is 4.98 Å². The molecule has 2 aromatic heterocycles. The topological polar surface area (TPSA) is 68.3 Å². The zero-order valence-electron chi connectivity index (χ0n) is 15.0. The number of rotatable bonds is 6. The second kappa shape index (κ2) is 8.69. The Morgan fingerprint density at radius 1 is 1.22 bits per heavy atom. The van der Waals surface area contributed by atoms with Crippen molar-refractivity contribution in [2.24, 2.45) is 0 Å². The molecular formula is C19H18N2O3S3. The third-order valence-corrected chi connectivity index (χ3v) is 6.62. The molecule has 2 heterocycles. The van der Waals surface area contributed by atoms with E-state index < -0.39 is 5.25 Å². The Kier molecular flexibility index (Phi) is 6.30. The SMILES string of the molecule is COC(=O)C(C)Sc1ccccc1C(=O)Nc1nc(-c2ccc(C)s2)cs1. The summed E-state index contributed by atoms with van der Waals surface area (Å²) in [4.78, 5) is 31.9. The van der Waals surface area contributed by atoms with Gasteiger partial charge in [0.2, 0.25) is 0 Å². The van der Waals surface area contributed by atoms with Crippen LogP contribution in [0.4, 0.5) is 5.13 Å². The fourth-order valence-electron chi connectivity index (χ4n) is 2.34. The molecule has 3 rings (SSSR count). The van der Waals surface area contributed by atoms with Crippen LogP contribution in [0.3, 0.4) is 0 Å². The fraction of sp³-hybridized carbons (Fsp3) is 0.211. The Morgan fingerprint density at radius 2 is 2.00 bits per heavy atom. The van der Waals surface area contributed by atoms with Crippen LogP contribution in [0.25, 0.3) is 10.6 Å². The number of hydrogen-bond acceptors (Lipinski definition) is 7. The number of methoxy groups -OCH3 is 1. The van der Waals surface area contributed by atoms with Gasteiger partial charge in [-0.2, -0.15) is 0 Å². The van der Waals surface area contributed by atoms with Gasteiger partial charge in [0.1, 0.15) is 5.25 Å². The van der Waals surface area contributed by atoms with Crippen LogP contribution in [-0.2, 0) is 9.53 Å². The molecule has 8 heteroatoms. The molecule has 5 nitrogen and oxygen atoms in total. The van der Waals surface area contributed by atoms with E-state index in [1.807, 2.05) is 36.6 Å². The van der Waals surface area contributed by atoms with Gasteiger partial charge in [-0.3, -0.25) is 14.9 Å². The largest absolute Gasteiger partial charge is 0.468 e. The van der Waals surface area contributed by atoms with Crippen LogP contribution in [0.15, 0.2) is 46.7 Å². The number of ether oxygens (including phenoxy) is 1. The molecule has 140 valence electrons. The Labute approximate surface area is 169 Å². The predicted octanol–water partition coefficient (Wildman–Crippen LogP) is 5.09. The molecule has 0 fully saturated rings. The number of hydrogen-bond donors (Lipinski definition) is 1. The minimum atomic E-state index is -0.405. The molecule has 0 bridgehead atoms. The molecule has 0 aliphatic heterocycles. The van der Waals surface area contributed by atoms with Gasteiger partial charge in [-0.1, -0.05) is 12.1 Å². The monoisotopic (exact) mass is 418 g/mol. The first-order chi connectivity index (χ1) is 13.0.